The number of aliphatic hydroxyl groups is 1. The minimum Gasteiger partial charge on any atom is -0.494 e. The lowest BCUT2D eigenvalue weighted by molar-refractivity contribution is -0.122. The summed E-state index contributed by atoms with van der Waals surface area (Å²) in [5.74, 6) is -1.70. The zero-order valence-corrected chi connectivity index (χ0v) is 25.8. The van der Waals surface area contributed by atoms with Gasteiger partial charge in [0.1, 0.15) is 29.3 Å². The van der Waals surface area contributed by atoms with Gasteiger partial charge in [0, 0.05) is 22.9 Å². The number of carbonyl (C=O) groups excluding carboxylic acids is 2. The van der Waals surface area contributed by atoms with Crippen LogP contribution < -0.4 is 25.4 Å². The number of benzene rings is 2. The zero-order valence-electron chi connectivity index (χ0n) is 23.5. The molecule has 224 valence electrons. The van der Waals surface area contributed by atoms with Crippen molar-refractivity contribution >= 4 is 57.7 Å². The summed E-state index contributed by atoms with van der Waals surface area (Å²) in [5.41, 5.74) is -0.538. The van der Waals surface area contributed by atoms with Gasteiger partial charge in [0.15, 0.2) is 0 Å². The van der Waals surface area contributed by atoms with Crippen LogP contribution in [0, 0.1) is 11.2 Å². The van der Waals surface area contributed by atoms with Gasteiger partial charge in [-0.15, -0.1) is 11.3 Å². The van der Waals surface area contributed by atoms with Crippen LogP contribution in [0.5, 0.6) is 11.5 Å². The van der Waals surface area contributed by atoms with E-state index in [1.54, 1.807) is 36.4 Å². The van der Waals surface area contributed by atoms with Crippen molar-refractivity contribution < 1.29 is 28.6 Å². The normalized spacial score (nSPS) is 23.1. The highest BCUT2D eigenvalue weighted by Gasteiger charge is 2.67. The lowest BCUT2D eigenvalue weighted by atomic mass is 9.65. The fourth-order valence-corrected chi connectivity index (χ4v) is 7.74. The van der Waals surface area contributed by atoms with Gasteiger partial charge in [0.25, 0.3) is 0 Å². The van der Waals surface area contributed by atoms with Crippen molar-refractivity contribution in [1.29, 1.82) is 0 Å². The Hall–Kier alpha value is -2.89. The Labute approximate surface area is 257 Å². The number of halogens is 3. The van der Waals surface area contributed by atoms with Gasteiger partial charge in [0.05, 0.1) is 40.5 Å². The number of nitrogens with one attached hydrogen (secondary N) is 3. The quantitative estimate of drug-likeness (QED) is 0.243. The summed E-state index contributed by atoms with van der Waals surface area (Å²) in [7, 11) is 1.46. The molecule has 1 saturated heterocycles. The van der Waals surface area contributed by atoms with Crippen molar-refractivity contribution in [2.45, 2.75) is 50.6 Å². The van der Waals surface area contributed by atoms with E-state index in [1.165, 1.54) is 24.5 Å². The lowest BCUT2D eigenvalue weighted by Gasteiger charge is -2.37. The summed E-state index contributed by atoms with van der Waals surface area (Å²) >= 11 is 13.9. The van der Waals surface area contributed by atoms with Crippen LogP contribution in [-0.2, 0) is 15.0 Å². The summed E-state index contributed by atoms with van der Waals surface area (Å²) in [5, 5.41) is 18.3. The third-order valence-electron chi connectivity index (χ3n) is 7.66. The van der Waals surface area contributed by atoms with Crippen LogP contribution in [0.1, 0.15) is 43.6 Å². The molecule has 4 N–H and O–H groups in total. The standard InChI is InChI=1S/C30H32Cl2FN3O5S/c1-29(2,3)14-21-30(26-19(35-28(30)39)13-22(32)42-26)23(16-6-5-7-17(31)24(16)33)25(36-21)27(38)34-18-9-8-15(41-11-10-37)12-20(18)40-4/h5-9,12-13,21,23,25,36-37H,10-11,14H2,1-4H3,(H,34,38)(H,35,39)/t21-,23-,25+,30+/m1/s1. The summed E-state index contributed by atoms with van der Waals surface area (Å²) in [6.45, 7) is 6.08. The Bertz CT molecular complexity index is 1530. The van der Waals surface area contributed by atoms with Gasteiger partial charge in [-0.2, -0.15) is 0 Å². The smallest absolute Gasteiger partial charge is 0.242 e. The second kappa shape index (κ2) is 11.7. The van der Waals surface area contributed by atoms with E-state index in [0.29, 0.717) is 38.5 Å². The van der Waals surface area contributed by atoms with E-state index in [4.69, 9.17) is 37.8 Å². The van der Waals surface area contributed by atoms with E-state index in [-0.39, 0.29) is 35.1 Å². The number of ether oxygens (including phenoxy) is 2. The Kier molecular flexibility index (Phi) is 8.48. The summed E-state index contributed by atoms with van der Waals surface area (Å²) in [4.78, 5) is 29.0. The number of methoxy groups -OCH3 is 1. The minimum atomic E-state index is -1.35. The monoisotopic (exact) mass is 635 g/mol. The largest absolute Gasteiger partial charge is 0.494 e. The van der Waals surface area contributed by atoms with Crippen LogP contribution in [0.25, 0.3) is 0 Å². The Morgan fingerprint density at radius 1 is 1.21 bits per heavy atom. The zero-order chi connectivity index (χ0) is 30.4. The first-order chi connectivity index (χ1) is 19.9. The number of rotatable bonds is 8. The molecular formula is C30H32Cl2FN3O5S. The predicted molar refractivity (Wildman–Crippen MR) is 163 cm³/mol. The molecule has 3 aromatic rings. The van der Waals surface area contributed by atoms with Gasteiger partial charge in [-0.25, -0.2) is 4.39 Å². The van der Waals surface area contributed by atoms with Crippen molar-refractivity contribution in [2.75, 3.05) is 31.0 Å². The van der Waals surface area contributed by atoms with Crippen LogP contribution in [0.2, 0.25) is 9.36 Å². The van der Waals surface area contributed by atoms with Crippen molar-refractivity contribution in [2.24, 2.45) is 5.41 Å². The van der Waals surface area contributed by atoms with E-state index >= 15 is 4.39 Å². The topological polar surface area (TPSA) is 109 Å². The molecule has 0 radical (unpaired) electrons. The molecule has 2 amide bonds. The molecule has 0 bridgehead atoms. The van der Waals surface area contributed by atoms with Crippen LogP contribution in [0.15, 0.2) is 42.5 Å². The van der Waals surface area contributed by atoms with Gasteiger partial charge < -0.3 is 30.5 Å². The van der Waals surface area contributed by atoms with Gasteiger partial charge in [-0.05, 0) is 41.7 Å². The van der Waals surface area contributed by atoms with E-state index in [1.807, 2.05) is 20.8 Å². The molecular weight excluding hydrogens is 604 g/mol. The minimum absolute atomic E-state index is 0.0990. The molecule has 42 heavy (non-hydrogen) atoms. The van der Waals surface area contributed by atoms with Gasteiger partial charge in [-0.3, -0.25) is 9.59 Å². The van der Waals surface area contributed by atoms with Crippen LogP contribution in [-0.4, -0.2) is 49.3 Å². The number of anilines is 2. The van der Waals surface area contributed by atoms with Gasteiger partial charge in [0.2, 0.25) is 11.8 Å². The van der Waals surface area contributed by atoms with Gasteiger partial charge >= 0.3 is 0 Å². The van der Waals surface area contributed by atoms with E-state index in [2.05, 4.69) is 16.0 Å². The van der Waals surface area contributed by atoms with E-state index < -0.39 is 35.1 Å². The molecule has 0 aliphatic carbocycles. The summed E-state index contributed by atoms with van der Waals surface area (Å²) in [6.07, 6.45) is 0.498. The first kappa shape index (κ1) is 30.6. The lowest BCUT2D eigenvalue weighted by Crippen LogP contribution is -2.49. The maximum Gasteiger partial charge on any atom is 0.242 e. The number of hydrogen-bond donors (Lipinski definition) is 4. The number of carbonyl (C=O) groups is 2. The van der Waals surface area contributed by atoms with Crippen LogP contribution in [0.4, 0.5) is 15.8 Å². The number of hydrogen-bond acceptors (Lipinski definition) is 7. The molecule has 0 unspecified atom stereocenters. The van der Waals surface area contributed by atoms with Crippen molar-refractivity contribution in [3.63, 3.8) is 0 Å². The maximum atomic E-state index is 15.9. The number of amides is 2. The predicted octanol–water partition coefficient (Wildman–Crippen LogP) is 5.96. The van der Waals surface area contributed by atoms with Crippen molar-refractivity contribution in [3.8, 4) is 11.5 Å². The maximum absolute atomic E-state index is 15.9. The Morgan fingerprint density at radius 3 is 2.67 bits per heavy atom. The second-order valence-corrected chi connectivity index (χ2v) is 13.7. The SMILES string of the molecule is COc1cc(OCCO)ccc1NC(=O)[C@H]1N[C@H](CC(C)(C)C)[C@]2(C(=O)Nc3cc(Cl)sc32)[C@@H]1c1cccc(Cl)c1F. The fraction of sp³-hybridized carbons (Fsp3) is 0.400. The molecule has 3 heterocycles. The third kappa shape index (κ3) is 5.35. The highest BCUT2D eigenvalue weighted by atomic mass is 35.5. The molecule has 8 nitrogen and oxygen atoms in total. The Morgan fingerprint density at radius 2 is 1.98 bits per heavy atom. The molecule has 2 aromatic carbocycles. The fourth-order valence-electron chi connectivity index (χ4n) is 6.10. The molecule has 1 spiro atoms. The first-order valence-corrected chi connectivity index (χ1v) is 15.0. The van der Waals surface area contributed by atoms with Crippen LogP contribution in [0.3, 0.4) is 0 Å². The van der Waals surface area contributed by atoms with Gasteiger partial charge in [-0.1, -0.05) is 56.1 Å². The number of thiophene rings is 1. The van der Waals surface area contributed by atoms with E-state index in [0.717, 1.165) is 0 Å². The number of fused-ring (bicyclic) bond motifs is 2. The first-order valence-electron chi connectivity index (χ1n) is 13.4. The van der Waals surface area contributed by atoms with Crippen molar-refractivity contribution in [3.05, 3.63) is 68.1 Å². The second-order valence-electron chi connectivity index (χ2n) is 11.6. The molecule has 1 fully saturated rings. The van der Waals surface area contributed by atoms with Crippen molar-refractivity contribution in [1.82, 2.24) is 5.32 Å². The van der Waals surface area contributed by atoms with Crippen LogP contribution >= 0.6 is 34.5 Å². The summed E-state index contributed by atoms with van der Waals surface area (Å²) in [6, 6.07) is 9.56. The molecule has 1 aromatic heterocycles. The molecule has 2 aliphatic rings. The van der Waals surface area contributed by atoms with E-state index in [9.17, 15) is 9.59 Å². The average molecular weight is 637 g/mol. The molecule has 5 rings (SSSR count). The average Bonchev–Trinajstić information content (AvgIpc) is 3.54. The summed E-state index contributed by atoms with van der Waals surface area (Å²) < 4.78 is 27.3. The molecule has 0 saturated carbocycles. The number of aliphatic hydroxyl groups excluding tert-OH is 1. The molecule has 4 atom stereocenters. The molecule has 12 heteroatoms. The highest BCUT2D eigenvalue weighted by molar-refractivity contribution is 7.17. The third-order valence-corrected chi connectivity index (χ3v) is 9.37. The highest BCUT2D eigenvalue weighted by Crippen LogP contribution is 2.59. The molecule has 2 aliphatic heterocycles. The Balaban J connectivity index is 1.64.